The molecule has 2 N–H and O–H groups in total. The number of nitrogens with one attached hydrogen (secondary N) is 2. The molecular weight excluding hydrogens is 736 g/mol. The highest BCUT2D eigenvalue weighted by Crippen LogP contribution is 2.39. The fourth-order valence-corrected chi connectivity index (χ4v) is 8.94. The Kier molecular flexibility index (Phi) is 9.92. The number of nitrogens with zero attached hydrogens (tertiary/aromatic N) is 9. The van der Waals surface area contributed by atoms with E-state index in [1.165, 1.54) is 27.7 Å². The molecule has 1 atom stereocenters. The van der Waals surface area contributed by atoms with Gasteiger partial charge in [0.2, 0.25) is 11.8 Å². The van der Waals surface area contributed by atoms with Crippen LogP contribution in [0, 0.1) is 5.92 Å². The number of halogens is 3. The van der Waals surface area contributed by atoms with Gasteiger partial charge in [0.1, 0.15) is 11.6 Å². The van der Waals surface area contributed by atoms with E-state index in [1.807, 2.05) is 0 Å². The molecule has 3 aliphatic rings. The highest BCUT2D eigenvalue weighted by atomic mass is 35.5. The topological polar surface area (TPSA) is 157 Å². The van der Waals surface area contributed by atoms with E-state index in [9.17, 15) is 28.0 Å². The summed E-state index contributed by atoms with van der Waals surface area (Å²) in [4.78, 5) is 59.9. The molecule has 2 saturated heterocycles. The van der Waals surface area contributed by atoms with Gasteiger partial charge in [-0.05, 0) is 76.1 Å². The Bertz CT molecular complexity index is 2340. The van der Waals surface area contributed by atoms with Crippen molar-refractivity contribution in [2.75, 3.05) is 36.9 Å². The molecule has 4 aromatic heterocycles. The largest absolute Gasteiger partial charge is 0.368 e. The van der Waals surface area contributed by atoms with Crippen LogP contribution < -0.4 is 21.2 Å². The SMILES string of the molecule is CN(CC1CCC(n2cc(NC(=O)c3cnn4cccnc34)c(C(F)F)n2)CC1)C1CCN(c2c(Cl)ccc3c2n(C)c(=O)n3C2CCC(=O)NC2=O)CC1. The van der Waals surface area contributed by atoms with Crippen molar-refractivity contribution in [3.8, 4) is 0 Å². The van der Waals surface area contributed by atoms with E-state index in [4.69, 9.17) is 11.6 Å². The van der Waals surface area contributed by atoms with Gasteiger partial charge in [0.05, 0.1) is 39.7 Å². The van der Waals surface area contributed by atoms with Gasteiger partial charge >= 0.3 is 5.69 Å². The second-order valence-corrected chi connectivity index (χ2v) is 15.3. The summed E-state index contributed by atoms with van der Waals surface area (Å²) >= 11 is 6.81. The molecule has 1 unspecified atom stereocenters. The van der Waals surface area contributed by atoms with Crippen LogP contribution in [0.15, 0.2) is 47.8 Å². The number of piperidine rings is 2. The van der Waals surface area contributed by atoms with Crippen molar-refractivity contribution in [3.63, 3.8) is 0 Å². The van der Waals surface area contributed by atoms with Crippen LogP contribution in [0.4, 0.5) is 20.2 Å². The van der Waals surface area contributed by atoms with E-state index < -0.39 is 30.0 Å². The van der Waals surface area contributed by atoms with E-state index in [-0.39, 0.29) is 41.7 Å². The number of hydrogen-bond acceptors (Lipinski definition) is 9. The molecule has 0 spiro atoms. The number of anilines is 2. The van der Waals surface area contributed by atoms with E-state index in [0.717, 1.165) is 63.8 Å². The maximum absolute atomic E-state index is 14.1. The van der Waals surface area contributed by atoms with E-state index >= 15 is 0 Å². The van der Waals surface area contributed by atoms with Gasteiger partial charge in [-0.2, -0.15) is 10.2 Å². The molecule has 18 heteroatoms. The molecule has 3 fully saturated rings. The molecule has 6 heterocycles. The second kappa shape index (κ2) is 14.8. The Morgan fingerprint density at radius 1 is 1.09 bits per heavy atom. The summed E-state index contributed by atoms with van der Waals surface area (Å²) in [7, 11) is 3.84. The molecule has 1 aromatic carbocycles. The summed E-state index contributed by atoms with van der Waals surface area (Å²) in [5.41, 5.74) is 1.75. The lowest BCUT2D eigenvalue weighted by Crippen LogP contribution is -2.45. The monoisotopic (exact) mass is 777 g/mol. The fourth-order valence-electron chi connectivity index (χ4n) is 8.67. The van der Waals surface area contributed by atoms with Crippen LogP contribution in [0.1, 0.15) is 85.9 Å². The zero-order chi connectivity index (χ0) is 38.5. The maximum Gasteiger partial charge on any atom is 0.329 e. The second-order valence-electron chi connectivity index (χ2n) is 14.9. The summed E-state index contributed by atoms with van der Waals surface area (Å²) in [5, 5.41) is 13.8. The summed E-state index contributed by atoms with van der Waals surface area (Å²) in [6.45, 7) is 2.38. The van der Waals surface area contributed by atoms with Crippen LogP contribution in [0.2, 0.25) is 5.02 Å². The van der Waals surface area contributed by atoms with Gasteiger partial charge in [-0.15, -0.1) is 0 Å². The molecule has 15 nitrogen and oxygen atoms in total. The zero-order valence-corrected chi connectivity index (χ0v) is 31.3. The first-order chi connectivity index (χ1) is 26.5. The van der Waals surface area contributed by atoms with Crippen LogP contribution in [0.3, 0.4) is 0 Å². The quantitative estimate of drug-likeness (QED) is 0.202. The molecule has 5 aromatic rings. The number of fused-ring (bicyclic) bond motifs is 2. The lowest BCUT2D eigenvalue weighted by molar-refractivity contribution is -0.135. The van der Waals surface area contributed by atoms with Gasteiger partial charge in [0.15, 0.2) is 11.3 Å². The summed E-state index contributed by atoms with van der Waals surface area (Å²) in [5.74, 6) is -0.953. The smallest absolute Gasteiger partial charge is 0.329 e. The third-order valence-electron chi connectivity index (χ3n) is 11.6. The van der Waals surface area contributed by atoms with Gasteiger partial charge in [-0.3, -0.25) is 33.5 Å². The Labute approximate surface area is 319 Å². The number of benzene rings is 1. The first-order valence-electron chi connectivity index (χ1n) is 18.6. The van der Waals surface area contributed by atoms with E-state index in [1.54, 1.807) is 40.7 Å². The Balaban J connectivity index is 0.880. The summed E-state index contributed by atoms with van der Waals surface area (Å²) in [6, 6.07) is 4.73. The van der Waals surface area contributed by atoms with Gasteiger partial charge in [0.25, 0.3) is 12.3 Å². The van der Waals surface area contributed by atoms with Crippen molar-refractivity contribution >= 4 is 57.4 Å². The number of alkyl halides is 2. The molecule has 0 bridgehead atoms. The minimum Gasteiger partial charge on any atom is -0.368 e. The number of aromatic nitrogens is 7. The van der Waals surface area contributed by atoms with Gasteiger partial charge in [-0.1, -0.05) is 11.6 Å². The first-order valence-corrected chi connectivity index (χ1v) is 19.0. The molecule has 1 saturated carbocycles. The molecule has 3 amide bonds. The maximum atomic E-state index is 14.1. The molecule has 0 radical (unpaired) electrons. The standard InChI is InChI=1S/C37H42ClF2N11O4/c1-46(22-12-16-48(17-13-22)31-25(38)8-9-27-32(31)47(2)37(55)51(27)28-10-11-29(52)44-36(28)54)19-21-4-6-23(7-5-21)50-20-26(30(45-50)33(39)40)43-35(53)24-18-42-49-15-3-14-41-34(24)49/h3,8-9,14-15,18,20-23,28,33H,4-7,10-13,16-17,19H2,1-2H3,(H,43,53)(H,44,52,54). The van der Waals surface area contributed by atoms with E-state index in [0.29, 0.717) is 33.7 Å². The van der Waals surface area contributed by atoms with Crippen LogP contribution in [0.25, 0.3) is 16.7 Å². The number of imidazole rings is 1. The Hall–Kier alpha value is -5.16. The normalized spacial score (nSPS) is 21.3. The molecule has 1 aliphatic carbocycles. The number of rotatable bonds is 9. The number of amides is 3. The van der Waals surface area contributed by atoms with Crippen molar-refractivity contribution < 1.29 is 23.2 Å². The zero-order valence-electron chi connectivity index (χ0n) is 30.5. The lowest BCUT2D eigenvalue weighted by Gasteiger charge is -2.40. The number of hydrogen-bond donors (Lipinski definition) is 2. The number of carbonyl (C=O) groups excluding carboxylic acids is 3. The minimum absolute atomic E-state index is 0.0184. The van der Waals surface area contributed by atoms with Crippen molar-refractivity contribution in [2.45, 2.75) is 75.9 Å². The summed E-state index contributed by atoms with van der Waals surface area (Å²) < 4.78 is 34.2. The van der Waals surface area contributed by atoms with Crippen LogP contribution in [-0.4, -0.2) is 88.9 Å². The Morgan fingerprint density at radius 2 is 1.85 bits per heavy atom. The van der Waals surface area contributed by atoms with E-state index in [2.05, 4.69) is 42.7 Å². The van der Waals surface area contributed by atoms with Crippen LogP contribution in [0.5, 0.6) is 0 Å². The molecular formula is C37H42ClF2N11O4. The number of aryl methyl sites for hydroxylation is 1. The first kappa shape index (κ1) is 36.8. The Morgan fingerprint density at radius 3 is 2.58 bits per heavy atom. The average molecular weight is 778 g/mol. The molecule has 55 heavy (non-hydrogen) atoms. The van der Waals surface area contributed by atoms with Gasteiger partial charge in [-0.25, -0.2) is 23.1 Å². The molecule has 2 aliphatic heterocycles. The third kappa shape index (κ3) is 6.88. The van der Waals surface area contributed by atoms with Crippen molar-refractivity contribution in [2.24, 2.45) is 13.0 Å². The minimum atomic E-state index is -2.86. The molecule has 8 rings (SSSR count). The number of carbonyl (C=O) groups is 3. The highest BCUT2D eigenvalue weighted by molar-refractivity contribution is 6.34. The van der Waals surface area contributed by atoms with Crippen molar-refractivity contribution in [3.05, 3.63) is 69.8 Å². The highest BCUT2D eigenvalue weighted by Gasteiger charge is 2.34. The van der Waals surface area contributed by atoms with Gasteiger partial charge < -0.3 is 15.1 Å². The average Bonchev–Trinajstić information content (AvgIpc) is 3.87. The van der Waals surface area contributed by atoms with Crippen LogP contribution in [-0.2, 0) is 16.6 Å². The summed E-state index contributed by atoms with van der Waals surface area (Å²) in [6.07, 6.45) is 8.82. The predicted octanol–water partition coefficient (Wildman–Crippen LogP) is 4.73. The van der Waals surface area contributed by atoms with Gasteiger partial charge in [0, 0.05) is 57.7 Å². The third-order valence-corrected chi connectivity index (χ3v) is 11.9. The predicted molar refractivity (Wildman–Crippen MR) is 201 cm³/mol. The van der Waals surface area contributed by atoms with Crippen LogP contribution >= 0.6 is 11.6 Å². The van der Waals surface area contributed by atoms with Crippen molar-refractivity contribution in [1.29, 1.82) is 0 Å². The molecule has 290 valence electrons. The number of imide groups is 1. The fraction of sp³-hybridized carbons (Fsp3) is 0.486. The lowest BCUT2D eigenvalue weighted by atomic mass is 9.85. The van der Waals surface area contributed by atoms with Crippen molar-refractivity contribution in [1.82, 2.24) is 43.7 Å².